The molecule has 102 valence electrons. The second-order valence-electron chi connectivity index (χ2n) is 4.44. The molecule has 2 unspecified atom stereocenters. The van der Waals surface area contributed by atoms with Crippen molar-refractivity contribution in [3.8, 4) is 0 Å². The van der Waals surface area contributed by atoms with E-state index >= 15 is 0 Å². The number of benzene rings is 1. The van der Waals surface area contributed by atoms with Crippen molar-refractivity contribution >= 4 is 50.5 Å². The number of nitrogens with one attached hydrogen (secondary N) is 1. The third-order valence-corrected chi connectivity index (χ3v) is 5.07. The maximum Gasteiger partial charge on any atom is 0.0991 e. The van der Waals surface area contributed by atoms with E-state index in [0.717, 1.165) is 18.7 Å². The Bertz CT molecular complexity index is 553. The lowest BCUT2D eigenvalue weighted by Crippen LogP contribution is -2.22. The van der Waals surface area contributed by atoms with Crippen LogP contribution in [0.15, 0.2) is 34.8 Å². The highest BCUT2D eigenvalue weighted by atomic mass is 79.9. The zero-order chi connectivity index (χ0) is 14.0. The summed E-state index contributed by atoms with van der Waals surface area (Å²) in [4.78, 5) is 0. The summed E-state index contributed by atoms with van der Waals surface area (Å²) in [5.41, 5.74) is 2.30. The molecule has 2 aromatic rings. The molecule has 1 heterocycles. The van der Waals surface area contributed by atoms with Gasteiger partial charge in [-0.3, -0.25) is 0 Å². The standard InChI is InChI=1S/C14H14BrCl2NS/c1-8(10-3-5-11(15)6-4-10)18-9(2)12-7-13(16)19-14(12)17/h3-9,18H,1-2H3. The van der Waals surface area contributed by atoms with E-state index in [-0.39, 0.29) is 12.1 Å². The van der Waals surface area contributed by atoms with Gasteiger partial charge in [0.05, 0.1) is 8.67 Å². The van der Waals surface area contributed by atoms with Crippen LogP contribution in [0.25, 0.3) is 0 Å². The maximum absolute atomic E-state index is 6.18. The first-order valence-electron chi connectivity index (χ1n) is 5.93. The molecule has 0 fully saturated rings. The molecular formula is C14H14BrCl2NS. The van der Waals surface area contributed by atoms with E-state index in [4.69, 9.17) is 23.2 Å². The smallest absolute Gasteiger partial charge is 0.0991 e. The van der Waals surface area contributed by atoms with Crippen molar-refractivity contribution in [1.29, 1.82) is 0 Å². The Kier molecular flexibility index (Phi) is 5.32. The highest BCUT2D eigenvalue weighted by Gasteiger charge is 2.16. The van der Waals surface area contributed by atoms with E-state index in [1.54, 1.807) is 0 Å². The van der Waals surface area contributed by atoms with Gasteiger partial charge in [0.15, 0.2) is 0 Å². The summed E-state index contributed by atoms with van der Waals surface area (Å²) >= 11 is 17.0. The van der Waals surface area contributed by atoms with Gasteiger partial charge in [-0.15, -0.1) is 11.3 Å². The molecular weight excluding hydrogens is 365 g/mol. The predicted octanol–water partition coefficient (Wildman–Crippen LogP) is 6.23. The summed E-state index contributed by atoms with van der Waals surface area (Å²) in [5, 5.41) is 3.53. The molecule has 0 saturated heterocycles. The van der Waals surface area contributed by atoms with Crippen LogP contribution >= 0.6 is 50.5 Å². The average molecular weight is 379 g/mol. The Balaban J connectivity index is 2.08. The summed E-state index contributed by atoms with van der Waals surface area (Å²) in [6.45, 7) is 4.24. The first kappa shape index (κ1) is 15.3. The summed E-state index contributed by atoms with van der Waals surface area (Å²) in [5.74, 6) is 0. The fraction of sp³-hybridized carbons (Fsp3) is 0.286. The predicted molar refractivity (Wildman–Crippen MR) is 88.4 cm³/mol. The first-order valence-corrected chi connectivity index (χ1v) is 8.30. The van der Waals surface area contributed by atoms with Gasteiger partial charge in [-0.25, -0.2) is 0 Å². The third kappa shape index (κ3) is 3.96. The Labute approximate surface area is 136 Å². The first-order chi connectivity index (χ1) is 8.97. The van der Waals surface area contributed by atoms with Crippen LogP contribution in [0.2, 0.25) is 8.67 Å². The third-order valence-electron chi connectivity index (χ3n) is 3.02. The lowest BCUT2D eigenvalue weighted by atomic mass is 10.1. The monoisotopic (exact) mass is 377 g/mol. The van der Waals surface area contributed by atoms with E-state index in [0.29, 0.717) is 0 Å². The second kappa shape index (κ2) is 6.59. The van der Waals surface area contributed by atoms with Crippen molar-refractivity contribution in [3.63, 3.8) is 0 Å². The minimum atomic E-state index is 0.162. The highest BCUT2D eigenvalue weighted by molar-refractivity contribution is 9.10. The second-order valence-corrected chi connectivity index (χ2v) is 7.64. The number of halogens is 3. The van der Waals surface area contributed by atoms with Crippen LogP contribution in [0.4, 0.5) is 0 Å². The Hall–Kier alpha value is -0.0600. The molecule has 1 nitrogen and oxygen atoms in total. The lowest BCUT2D eigenvalue weighted by molar-refractivity contribution is 0.495. The summed E-state index contributed by atoms with van der Waals surface area (Å²) < 4.78 is 2.57. The molecule has 2 rings (SSSR count). The summed E-state index contributed by atoms with van der Waals surface area (Å²) in [6, 6.07) is 10.7. The Morgan fingerprint density at radius 3 is 2.26 bits per heavy atom. The molecule has 0 saturated carbocycles. The molecule has 19 heavy (non-hydrogen) atoms. The van der Waals surface area contributed by atoms with Crippen LogP contribution in [0.1, 0.15) is 37.1 Å². The largest absolute Gasteiger partial charge is 0.304 e. The number of rotatable bonds is 4. The molecule has 0 aliphatic heterocycles. The molecule has 0 spiro atoms. The van der Waals surface area contributed by atoms with Crippen molar-refractivity contribution in [1.82, 2.24) is 5.32 Å². The average Bonchev–Trinajstić information content (AvgIpc) is 2.69. The fourth-order valence-electron chi connectivity index (χ4n) is 1.96. The Morgan fingerprint density at radius 2 is 1.74 bits per heavy atom. The van der Waals surface area contributed by atoms with Crippen LogP contribution in [-0.2, 0) is 0 Å². The molecule has 5 heteroatoms. The SMILES string of the molecule is CC(NC(C)c1cc(Cl)sc1Cl)c1ccc(Br)cc1. The lowest BCUT2D eigenvalue weighted by Gasteiger charge is -2.20. The van der Waals surface area contributed by atoms with Crippen molar-refractivity contribution in [2.75, 3.05) is 0 Å². The number of thiophene rings is 1. The Morgan fingerprint density at radius 1 is 1.11 bits per heavy atom. The van der Waals surface area contributed by atoms with E-state index < -0.39 is 0 Å². The molecule has 1 N–H and O–H groups in total. The van der Waals surface area contributed by atoms with Gasteiger partial charge in [-0.05, 0) is 43.2 Å². The van der Waals surface area contributed by atoms with E-state index in [9.17, 15) is 0 Å². The summed E-state index contributed by atoms with van der Waals surface area (Å²) in [7, 11) is 0. The van der Waals surface area contributed by atoms with Crippen LogP contribution in [-0.4, -0.2) is 0 Å². The van der Waals surface area contributed by atoms with Crippen molar-refractivity contribution in [2.45, 2.75) is 25.9 Å². The molecule has 0 amide bonds. The van der Waals surface area contributed by atoms with Crippen molar-refractivity contribution in [3.05, 3.63) is 54.6 Å². The van der Waals surface area contributed by atoms with E-state index in [1.165, 1.54) is 16.9 Å². The molecule has 1 aromatic carbocycles. The highest BCUT2D eigenvalue weighted by Crippen LogP contribution is 2.35. The van der Waals surface area contributed by atoms with Crippen LogP contribution in [0, 0.1) is 0 Å². The van der Waals surface area contributed by atoms with E-state index in [1.807, 2.05) is 18.2 Å². The van der Waals surface area contributed by atoms with Gasteiger partial charge in [0, 0.05) is 16.6 Å². The van der Waals surface area contributed by atoms with E-state index in [2.05, 4.69) is 47.2 Å². The van der Waals surface area contributed by atoms with Gasteiger partial charge in [0.25, 0.3) is 0 Å². The van der Waals surface area contributed by atoms with Gasteiger partial charge >= 0.3 is 0 Å². The maximum atomic E-state index is 6.18. The molecule has 0 aliphatic carbocycles. The molecule has 0 bridgehead atoms. The minimum Gasteiger partial charge on any atom is -0.304 e. The van der Waals surface area contributed by atoms with Crippen LogP contribution in [0.3, 0.4) is 0 Å². The summed E-state index contributed by atoms with van der Waals surface area (Å²) in [6.07, 6.45) is 0. The van der Waals surface area contributed by atoms with Crippen LogP contribution in [0.5, 0.6) is 0 Å². The number of hydrogen-bond donors (Lipinski definition) is 1. The zero-order valence-electron chi connectivity index (χ0n) is 10.6. The molecule has 1 aromatic heterocycles. The van der Waals surface area contributed by atoms with Crippen LogP contribution < -0.4 is 5.32 Å². The van der Waals surface area contributed by atoms with Crippen molar-refractivity contribution in [2.24, 2.45) is 0 Å². The normalized spacial score (nSPS) is 14.4. The van der Waals surface area contributed by atoms with Crippen molar-refractivity contribution < 1.29 is 0 Å². The van der Waals surface area contributed by atoms with Gasteiger partial charge in [-0.2, -0.15) is 0 Å². The van der Waals surface area contributed by atoms with Gasteiger partial charge < -0.3 is 5.32 Å². The fourth-order valence-corrected chi connectivity index (χ4v) is 3.87. The van der Waals surface area contributed by atoms with Gasteiger partial charge in [0.2, 0.25) is 0 Å². The quantitative estimate of drug-likeness (QED) is 0.664. The zero-order valence-corrected chi connectivity index (χ0v) is 14.5. The molecule has 0 aliphatic rings. The van der Waals surface area contributed by atoms with Gasteiger partial charge in [-0.1, -0.05) is 51.3 Å². The molecule has 2 atom stereocenters. The number of hydrogen-bond acceptors (Lipinski definition) is 2. The minimum absolute atomic E-state index is 0.162. The molecule has 0 radical (unpaired) electrons. The topological polar surface area (TPSA) is 12.0 Å². The van der Waals surface area contributed by atoms with Gasteiger partial charge in [0.1, 0.15) is 0 Å².